The van der Waals surface area contributed by atoms with E-state index in [-0.39, 0.29) is 6.04 Å². The number of nitrogens with zero attached hydrogens (tertiary/aromatic N) is 2. The molecule has 0 bridgehead atoms. The lowest BCUT2D eigenvalue weighted by molar-refractivity contribution is 0.446. The Morgan fingerprint density at radius 2 is 2.05 bits per heavy atom. The maximum atomic E-state index is 5.79. The van der Waals surface area contributed by atoms with Crippen LogP contribution in [0, 0.1) is 6.92 Å². The molecular formula is C15H21BrN4. The van der Waals surface area contributed by atoms with Gasteiger partial charge in [0.1, 0.15) is 0 Å². The number of rotatable bonds is 5. The Morgan fingerprint density at radius 3 is 2.65 bits per heavy atom. The molecule has 108 valence electrons. The number of hydrogen-bond acceptors (Lipinski definition) is 3. The average Bonchev–Trinajstić information content (AvgIpc) is 2.80. The van der Waals surface area contributed by atoms with Crippen molar-refractivity contribution >= 4 is 15.9 Å². The Labute approximate surface area is 128 Å². The topological polar surface area (TPSA) is 55.9 Å². The highest BCUT2D eigenvalue weighted by Gasteiger charge is 2.21. The third-order valence-electron chi connectivity index (χ3n) is 3.49. The summed E-state index contributed by atoms with van der Waals surface area (Å²) in [5.74, 6) is 5.79. The van der Waals surface area contributed by atoms with Crippen LogP contribution in [0.1, 0.15) is 42.8 Å². The second-order valence-corrected chi connectivity index (χ2v) is 6.12. The Bertz CT molecular complexity index is 577. The van der Waals surface area contributed by atoms with Gasteiger partial charge in [-0.05, 0) is 54.2 Å². The van der Waals surface area contributed by atoms with E-state index in [9.17, 15) is 0 Å². The smallest absolute Gasteiger partial charge is 0.0715 e. The second kappa shape index (κ2) is 6.52. The summed E-state index contributed by atoms with van der Waals surface area (Å²) in [5, 5.41) is 4.42. The molecule has 2 aromatic rings. The van der Waals surface area contributed by atoms with Crippen molar-refractivity contribution in [2.24, 2.45) is 5.84 Å². The Balaban J connectivity index is 2.34. The minimum atomic E-state index is 0.0235. The summed E-state index contributed by atoms with van der Waals surface area (Å²) < 4.78 is 3.00. The molecule has 3 N–H and O–H groups in total. The molecule has 0 aliphatic carbocycles. The minimum Gasteiger partial charge on any atom is -0.271 e. The van der Waals surface area contributed by atoms with E-state index >= 15 is 0 Å². The molecular weight excluding hydrogens is 316 g/mol. The van der Waals surface area contributed by atoms with E-state index in [1.54, 1.807) is 0 Å². The molecule has 2 rings (SSSR count). The fourth-order valence-electron chi connectivity index (χ4n) is 2.38. The van der Waals surface area contributed by atoms with Crippen LogP contribution in [0.5, 0.6) is 0 Å². The summed E-state index contributed by atoms with van der Waals surface area (Å²) in [5.41, 5.74) is 6.58. The van der Waals surface area contributed by atoms with E-state index in [0.717, 1.165) is 16.6 Å². The van der Waals surface area contributed by atoms with Gasteiger partial charge in [-0.2, -0.15) is 5.10 Å². The first kappa shape index (κ1) is 15.2. The van der Waals surface area contributed by atoms with Gasteiger partial charge in [-0.25, -0.2) is 0 Å². The molecule has 1 heterocycles. The number of nitrogens with two attached hydrogens (primary N) is 1. The number of nitrogens with one attached hydrogen (secondary N) is 1. The van der Waals surface area contributed by atoms with Gasteiger partial charge in [-0.3, -0.25) is 16.0 Å². The normalized spacial score (nSPS) is 12.9. The summed E-state index contributed by atoms with van der Waals surface area (Å²) in [6, 6.07) is 8.70. The highest BCUT2D eigenvalue weighted by atomic mass is 79.9. The highest BCUT2D eigenvalue weighted by Crippen LogP contribution is 2.28. The average molecular weight is 337 g/mol. The van der Waals surface area contributed by atoms with Gasteiger partial charge < -0.3 is 0 Å². The summed E-state index contributed by atoms with van der Waals surface area (Å²) in [7, 11) is 0. The van der Waals surface area contributed by atoms with Crippen molar-refractivity contribution in [1.82, 2.24) is 15.2 Å². The van der Waals surface area contributed by atoms with Crippen LogP contribution in [0.2, 0.25) is 0 Å². The van der Waals surface area contributed by atoms with E-state index in [4.69, 9.17) is 5.84 Å². The summed E-state index contributed by atoms with van der Waals surface area (Å²) in [6.07, 6.45) is 2.66. The molecule has 4 nitrogen and oxygen atoms in total. The van der Waals surface area contributed by atoms with E-state index in [2.05, 4.69) is 71.5 Å². The largest absolute Gasteiger partial charge is 0.271 e. The Hall–Kier alpha value is -1.17. The number of halogens is 1. The number of aryl methyl sites for hydroxylation is 1. The molecule has 0 fully saturated rings. The maximum absolute atomic E-state index is 5.79. The van der Waals surface area contributed by atoms with Crippen molar-refractivity contribution in [3.8, 4) is 0 Å². The summed E-state index contributed by atoms with van der Waals surface area (Å²) in [6.45, 7) is 6.35. The second-order valence-electron chi connectivity index (χ2n) is 5.27. The number of hydrogen-bond donors (Lipinski definition) is 2. The molecule has 1 aromatic heterocycles. The molecule has 20 heavy (non-hydrogen) atoms. The third kappa shape index (κ3) is 3.11. The van der Waals surface area contributed by atoms with Gasteiger partial charge in [0.25, 0.3) is 0 Å². The fourth-order valence-corrected chi connectivity index (χ4v) is 2.93. The number of benzene rings is 1. The lowest BCUT2D eigenvalue weighted by atomic mass is 9.99. The van der Waals surface area contributed by atoms with Gasteiger partial charge in [0.15, 0.2) is 0 Å². The third-order valence-corrected chi connectivity index (χ3v) is 4.10. The van der Waals surface area contributed by atoms with E-state index in [1.807, 2.05) is 10.9 Å². The first-order valence-electron chi connectivity index (χ1n) is 6.78. The first-order chi connectivity index (χ1) is 9.54. The lowest BCUT2D eigenvalue weighted by Crippen LogP contribution is -2.32. The zero-order valence-corrected chi connectivity index (χ0v) is 13.7. The monoisotopic (exact) mass is 336 g/mol. The van der Waals surface area contributed by atoms with Crippen molar-refractivity contribution in [2.45, 2.75) is 39.3 Å². The van der Waals surface area contributed by atoms with Gasteiger partial charge in [-0.15, -0.1) is 0 Å². The molecule has 1 unspecified atom stereocenters. The molecule has 0 saturated heterocycles. The zero-order valence-electron chi connectivity index (χ0n) is 12.1. The molecule has 1 atom stereocenters. The first-order valence-corrected chi connectivity index (χ1v) is 7.57. The van der Waals surface area contributed by atoms with Crippen LogP contribution < -0.4 is 11.3 Å². The number of hydrazine groups is 1. The molecule has 0 amide bonds. The highest BCUT2D eigenvalue weighted by molar-refractivity contribution is 9.10. The standard InChI is InChI=1S/C15H21BrN4/c1-10(2)20-15(13(16)9-18-20)14(19-17)8-12-7-5-4-6-11(12)3/h4-7,9-10,14,19H,8,17H2,1-3H3. The van der Waals surface area contributed by atoms with Gasteiger partial charge >= 0.3 is 0 Å². The van der Waals surface area contributed by atoms with Crippen molar-refractivity contribution in [3.63, 3.8) is 0 Å². The van der Waals surface area contributed by atoms with Crippen LogP contribution in [-0.4, -0.2) is 9.78 Å². The molecule has 0 spiro atoms. The van der Waals surface area contributed by atoms with Crippen molar-refractivity contribution in [1.29, 1.82) is 0 Å². The predicted molar refractivity (Wildman–Crippen MR) is 85.3 cm³/mol. The fraction of sp³-hybridized carbons (Fsp3) is 0.400. The molecule has 0 saturated carbocycles. The van der Waals surface area contributed by atoms with Crippen LogP contribution in [0.25, 0.3) is 0 Å². The summed E-state index contributed by atoms with van der Waals surface area (Å²) in [4.78, 5) is 0. The number of aromatic nitrogens is 2. The van der Waals surface area contributed by atoms with Crippen LogP contribution in [0.15, 0.2) is 34.9 Å². The van der Waals surface area contributed by atoms with Crippen LogP contribution >= 0.6 is 15.9 Å². The maximum Gasteiger partial charge on any atom is 0.0715 e. The van der Waals surface area contributed by atoms with E-state index in [0.29, 0.717) is 6.04 Å². The Morgan fingerprint density at radius 1 is 1.35 bits per heavy atom. The van der Waals surface area contributed by atoms with Crippen molar-refractivity contribution in [3.05, 3.63) is 51.8 Å². The van der Waals surface area contributed by atoms with Gasteiger partial charge in [-0.1, -0.05) is 24.3 Å². The van der Waals surface area contributed by atoms with Crippen molar-refractivity contribution in [2.75, 3.05) is 0 Å². The van der Waals surface area contributed by atoms with Crippen LogP contribution in [-0.2, 0) is 6.42 Å². The summed E-state index contributed by atoms with van der Waals surface area (Å²) >= 11 is 3.58. The van der Waals surface area contributed by atoms with Crippen LogP contribution in [0.4, 0.5) is 0 Å². The quantitative estimate of drug-likeness (QED) is 0.650. The van der Waals surface area contributed by atoms with Gasteiger partial charge in [0.05, 0.1) is 22.4 Å². The minimum absolute atomic E-state index is 0.0235. The van der Waals surface area contributed by atoms with E-state index in [1.165, 1.54) is 11.1 Å². The van der Waals surface area contributed by atoms with Gasteiger partial charge in [0, 0.05) is 6.04 Å². The SMILES string of the molecule is Cc1ccccc1CC(NN)c1c(Br)cnn1C(C)C. The molecule has 0 aliphatic rings. The lowest BCUT2D eigenvalue weighted by Gasteiger charge is -2.21. The molecule has 0 aliphatic heterocycles. The van der Waals surface area contributed by atoms with Crippen LogP contribution in [0.3, 0.4) is 0 Å². The zero-order chi connectivity index (χ0) is 14.7. The van der Waals surface area contributed by atoms with Crippen molar-refractivity contribution < 1.29 is 0 Å². The van der Waals surface area contributed by atoms with Gasteiger partial charge in [0.2, 0.25) is 0 Å². The Kier molecular flexibility index (Phi) is 4.96. The molecule has 5 heteroatoms. The predicted octanol–water partition coefficient (Wildman–Crippen LogP) is 3.28. The molecule has 0 radical (unpaired) electrons. The van der Waals surface area contributed by atoms with E-state index < -0.39 is 0 Å². The molecule has 1 aromatic carbocycles.